The smallest absolute Gasteiger partial charge is 0.250 e. The van der Waals surface area contributed by atoms with E-state index < -0.39 is 0 Å². The average molecular weight is 336 g/mol. The van der Waals surface area contributed by atoms with Crippen LogP contribution in [0.25, 0.3) is 6.08 Å². The third kappa shape index (κ3) is 3.75. The number of benzene rings is 1. The van der Waals surface area contributed by atoms with Gasteiger partial charge in [-0.2, -0.15) is 0 Å². The largest absolute Gasteiger partial charge is 0.307 e. The summed E-state index contributed by atoms with van der Waals surface area (Å²) >= 11 is 1.46. The normalized spacial score (nSPS) is 10.5. The summed E-state index contributed by atoms with van der Waals surface area (Å²) in [5.74, 6) is -0.172. The van der Waals surface area contributed by atoms with Gasteiger partial charge in [-0.15, -0.1) is 11.3 Å². The lowest BCUT2D eigenvalue weighted by molar-refractivity contribution is 0.0966. The minimum atomic E-state index is -0.214. The highest BCUT2D eigenvalue weighted by Crippen LogP contribution is 2.15. The number of hydrogen-bond donors (Lipinski definition) is 0. The van der Waals surface area contributed by atoms with Crippen molar-refractivity contribution >= 4 is 23.2 Å². The zero-order valence-corrected chi connectivity index (χ0v) is 13.8. The maximum absolute atomic E-state index is 12.4. The van der Waals surface area contributed by atoms with E-state index in [0.29, 0.717) is 12.1 Å². The van der Waals surface area contributed by atoms with Crippen LogP contribution in [0.4, 0.5) is 0 Å². The number of carbonyl (C=O) groups is 1. The SMILES string of the molecule is C=Cc1ccc(=O)n(CC(=O)c2csc(Cc3ccccc3)n2)c1. The van der Waals surface area contributed by atoms with Gasteiger partial charge in [-0.05, 0) is 17.2 Å². The number of nitrogens with zero attached hydrogens (tertiary/aromatic N) is 2. The molecule has 0 spiro atoms. The fraction of sp³-hybridized carbons (Fsp3) is 0.105. The molecule has 3 rings (SSSR count). The van der Waals surface area contributed by atoms with E-state index in [0.717, 1.165) is 16.1 Å². The molecule has 120 valence electrons. The van der Waals surface area contributed by atoms with E-state index in [1.54, 1.807) is 23.7 Å². The maximum Gasteiger partial charge on any atom is 0.250 e. The van der Waals surface area contributed by atoms with Crippen LogP contribution in [0, 0.1) is 0 Å². The minimum Gasteiger partial charge on any atom is -0.307 e. The summed E-state index contributed by atoms with van der Waals surface area (Å²) in [7, 11) is 0. The van der Waals surface area contributed by atoms with Crippen LogP contribution in [-0.2, 0) is 13.0 Å². The Bertz CT molecular complexity index is 926. The molecule has 0 saturated carbocycles. The summed E-state index contributed by atoms with van der Waals surface area (Å²) in [5, 5.41) is 2.64. The van der Waals surface area contributed by atoms with Crippen LogP contribution in [0.5, 0.6) is 0 Å². The zero-order chi connectivity index (χ0) is 16.9. The first-order valence-electron chi connectivity index (χ1n) is 7.50. The summed E-state index contributed by atoms with van der Waals surface area (Å²) in [6, 6.07) is 13.1. The maximum atomic E-state index is 12.4. The van der Waals surface area contributed by atoms with Gasteiger partial charge in [0.05, 0.1) is 11.6 Å². The van der Waals surface area contributed by atoms with E-state index in [4.69, 9.17) is 0 Å². The standard InChI is InChI=1S/C19H16N2O2S/c1-2-14-8-9-19(23)21(11-14)12-17(22)16-13-24-18(20-16)10-15-6-4-3-5-7-15/h2-9,11,13H,1,10,12H2. The van der Waals surface area contributed by atoms with E-state index in [2.05, 4.69) is 11.6 Å². The van der Waals surface area contributed by atoms with Crippen LogP contribution in [0.3, 0.4) is 0 Å². The fourth-order valence-electron chi connectivity index (χ4n) is 2.32. The van der Waals surface area contributed by atoms with Crippen molar-refractivity contribution in [2.45, 2.75) is 13.0 Å². The molecule has 2 heterocycles. The molecule has 4 nitrogen and oxygen atoms in total. The monoisotopic (exact) mass is 336 g/mol. The molecule has 0 aliphatic rings. The topological polar surface area (TPSA) is 52.0 Å². The number of thiazole rings is 1. The summed E-state index contributed by atoms with van der Waals surface area (Å²) in [6.45, 7) is 3.65. The Morgan fingerprint density at radius 3 is 2.75 bits per heavy atom. The predicted octanol–water partition coefficient (Wildman–Crippen LogP) is 3.42. The van der Waals surface area contributed by atoms with E-state index in [1.807, 2.05) is 30.3 Å². The Kier molecular flexibility index (Phi) is 4.82. The highest BCUT2D eigenvalue weighted by atomic mass is 32.1. The highest BCUT2D eigenvalue weighted by molar-refractivity contribution is 7.09. The second kappa shape index (κ2) is 7.19. The number of rotatable bonds is 6. The van der Waals surface area contributed by atoms with Crippen molar-refractivity contribution in [3.8, 4) is 0 Å². The lowest BCUT2D eigenvalue weighted by Gasteiger charge is -2.04. The third-order valence-electron chi connectivity index (χ3n) is 3.59. The van der Waals surface area contributed by atoms with Gasteiger partial charge < -0.3 is 4.57 Å². The van der Waals surface area contributed by atoms with Crippen molar-refractivity contribution in [2.24, 2.45) is 0 Å². The Balaban J connectivity index is 1.74. The quantitative estimate of drug-likeness (QED) is 0.648. The molecule has 24 heavy (non-hydrogen) atoms. The first-order chi connectivity index (χ1) is 11.7. The van der Waals surface area contributed by atoms with Crippen molar-refractivity contribution in [3.63, 3.8) is 0 Å². The number of Topliss-reactive ketones (excluding diaryl/α,β-unsaturated/α-hetero) is 1. The summed E-state index contributed by atoms with van der Waals surface area (Å²) in [5.41, 5.74) is 2.14. The predicted molar refractivity (Wildman–Crippen MR) is 96.5 cm³/mol. The second-order valence-corrected chi connectivity index (χ2v) is 6.29. The van der Waals surface area contributed by atoms with E-state index >= 15 is 0 Å². The van der Waals surface area contributed by atoms with Crippen molar-refractivity contribution in [3.05, 3.63) is 92.8 Å². The number of ketones is 1. The van der Waals surface area contributed by atoms with E-state index in [1.165, 1.54) is 22.0 Å². The number of aromatic nitrogens is 2. The van der Waals surface area contributed by atoms with Gasteiger partial charge in [-0.25, -0.2) is 4.98 Å². The first-order valence-corrected chi connectivity index (χ1v) is 8.38. The molecule has 0 aliphatic heterocycles. The highest BCUT2D eigenvalue weighted by Gasteiger charge is 2.12. The molecule has 0 bridgehead atoms. The number of hydrogen-bond acceptors (Lipinski definition) is 4. The van der Waals surface area contributed by atoms with Gasteiger partial charge in [-0.3, -0.25) is 9.59 Å². The van der Waals surface area contributed by atoms with Gasteiger partial charge in [0.15, 0.2) is 0 Å². The Labute approximate surface area is 143 Å². The molecule has 5 heteroatoms. The Morgan fingerprint density at radius 1 is 1.21 bits per heavy atom. The summed E-state index contributed by atoms with van der Waals surface area (Å²) < 4.78 is 1.38. The van der Waals surface area contributed by atoms with Gasteiger partial charge in [0, 0.05) is 24.1 Å². The molecule has 0 N–H and O–H groups in total. The molecule has 0 radical (unpaired) electrons. The molecule has 0 atom stereocenters. The van der Waals surface area contributed by atoms with Crippen molar-refractivity contribution in [2.75, 3.05) is 0 Å². The molecule has 0 amide bonds. The van der Waals surface area contributed by atoms with Crippen LogP contribution >= 0.6 is 11.3 Å². The molecule has 0 saturated heterocycles. The lowest BCUT2D eigenvalue weighted by Crippen LogP contribution is -2.23. The minimum absolute atomic E-state index is 0.0188. The van der Waals surface area contributed by atoms with Crippen molar-refractivity contribution in [1.82, 2.24) is 9.55 Å². The second-order valence-electron chi connectivity index (χ2n) is 5.34. The summed E-state index contributed by atoms with van der Waals surface area (Å²) in [4.78, 5) is 28.7. The van der Waals surface area contributed by atoms with Crippen LogP contribution in [0.1, 0.15) is 26.6 Å². The lowest BCUT2D eigenvalue weighted by atomic mass is 10.2. The van der Waals surface area contributed by atoms with Gasteiger partial charge in [0.2, 0.25) is 5.78 Å². The number of pyridine rings is 1. The van der Waals surface area contributed by atoms with Crippen molar-refractivity contribution < 1.29 is 4.79 Å². The zero-order valence-electron chi connectivity index (χ0n) is 13.0. The molecule has 2 aromatic heterocycles. The van der Waals surface area contributed by atoms with E-state index in [9.17, 15) is 9.59 Å². The molecule has 1 aromatic carbocycles. The van der Waals surface area contributed by atoms with Crippen LogP contribution < -0.4 is 5.56 Å². The van der Waals surface area contributed by atoms with Crippen LogP contribution in [0.2, 0.25) is 0 Å². The molecule has 0 aliphatic carbocycles. The molecule has 3 aromatic rings. The fourth-order valence-corrected chi connectivity index (χ4v) is 3.15. The van der Waals surface area contributed by atoms with Gasteiger partial charge >= 0.3 is 0 Å². The van der Waals surface area contributed by atoms with Crippen LogP contribution in [0.15, 0.2) is 65.4 Å². The summed E-state index contributed by atoms with van der Waals surface area (Å²) in [6.07, 6.45) is 3.97. The molecular weight excluding hydrogens is 320 g/mol. The Hall–Kier alpha value is -2.79. The number of carbonyl (C=O) groups excluding carboxylic acids is 1. The third-order valence-corrected chi connectivity index (χ3v) is 4.44. The van der Waals surface area contributed by atoms with Crippen molar-refractivity contribution in [1.29, 1.82) is 0 Å². The molecule has 0 unspecified atom stereocenters. The molecule has 0 fully saturated rings. The van der Waals surface area contributed by atoms with E-state index in [-0.39, 0.29) is 17.9 Å². The van der Waals surface area contributed by atoms with Gasteiger partial charge in [-0.1, -0.05) is 43.0 Å². The van der Waals surface area contributed by atoms with Gasteiger partial charge in [0.1, 0.15) is 5.69 Å². The van der Waals surface area contributed by atoms with Crippen LogP contribution in [-0.4, -0.2) is 15.3 Å². The Morgan fingerprint density at radius 2 is 2.00 bits per heavy atom. The first kappa shape index (κ1) is 16.1. The molecular formula is C19H16N2O2S. The van der Waals surface area contributed by atoms with Gasteiger partial charge in [0.25, 0.3) is 5.56 Å². The average Bonchev–Trinajstić information content (AvgIpc) is 3.06.